The predicted molar refractivity (Wildman–Crippen MR) is 99.8 cm³/mol. The van der Waals surface area contributed by atoms with Gasteiger partial charge in [-0.05, 0) is 12.8 Å². The summed E-state index contributed by atoms with van der Waals surface area (Å²) in [5.41, 5.74) is 0.854. The molecule has 0 atom stereocenters. The van der Waals surface area contributed by atoms with Gasteiger partial charge in [0.25, 0.3) is 0 Å². The van der Waals surface area contributed by atoms with E-state index in [0.29, 0.717) is 13.1 Å². The molecule has 8 nitrogen and oxygen atoms in total. The molecule has 2 aliphatic rings. The van der Waals surface area contributed by atoms with Crippen LogP contribution in [-0.2, 0) is 11.3 Å². The van der Waals surface area contributed by atoms with Crippen LogP contribution in [0.3, 0.4) is 0 Å². The number of amides is 1. The lowest BCUT2D eigenvalue weighted by Crippen LogP contribution is -2.54. The van der Waals surface area contributed by atoms with Crippen LogP contribution in [0.2, 0.25) is 0 Å². The van der Waals surface area contributed by atoms with Crippen LogP contribution in [0, 0.1) is 0 Å². The van der Waals surface area contributed by atoms with Gasteiger partial charge in [-0.2, -0.15) is 0 Å². The number of nitrogens with zero attached hydrogens (tertiary/aromatic N) is 5. The molecule has 26 heavy (non-hydrogen) atoms. The van der Waals surface area contributed by atoms with Crippen molar-refractivity contribution < 1.29 is 9.32 Å². The summed E-state index contributed by atoms with van der Waals surface area (Å²) >= 11 is 0. The molecule has 0 aromatic carbocycles. The summed E-state index contributed by atoms with van der Waals surface area (Å²) in [6.45, 7) is 6.48. The Morgan fingerprint density at radius 3 is 2.46 bits per heavy atom. The summed E-state index contributed by atoms with van der Waals surface area (Å²) in [6, 6.07) is 1.84. The number of aliphatic imine (C=N–C) groups is 1. The molecular formula is C18H30N6O2. The first-order valence-corrected chi connectivity index (χ1v) is 9.61. The molecule has 0 spiro atoms. The molecule has 0 unspecified atom stereocenters. The number of aromatic nitrogens is 1. The molecule has 2 fully saturated rings. The Kier molecular flexibility index (Phi) is 6.88. The summed E-state index contributed by atoms with van der Waals surface area (Å²) in [6.07, 6.45) is 6.37. The van der Waals surface area contributed by atoms with Crippen LogP contribution >= 0.6 is 0 Å². The molecule has 1 amide bonds. The summed E-state index contributed by atoms with van der Waals surface area (Å²) in [7, 11) is 1.79. The average Bonchev–Trinajstić information content (AvgIpc) is 3.03. The van der Waals surface area contributed by atoms with Gasteiger partial charge in [0.05, 0.1) is 13.1 Å². The van der Waals surface area contributed by atoms with E-state index in [1.807, 2.05) is 6.07 Å². The van der Waals surface area contributed by atoms with E-state index in [0.717, 1.165) is 63.8 Å². The van der Waals surface area contributed by atoms with Crippen LogP contribution in [0.25, 0.3) is 0 Å². The molecule has 0 aliphatic carbocycles. The molecule has 0 radical (unpaired) electrons. The summed E-state index contributed by atoms with van der Waals surface area (Å²) in [5.74, 6) is 1.15. The highest BCUT2D eigenvalue weighted by molar-refractivity contribution is 5.80. The maximum atomic E-state index is 12.5. The SMILES string of the molecule is CN=C(NCc1ccon1)N1CCN(CC(=O)N2CCCCCC2)CC1. The van der Waals surface area contributed by atoms with Crippen molar-refractivity contribution in [3.05, 3.63) is 18.0 Å². The topological polar surface area (TPSA) is 77.2 Å². The highest BCUT2D eigenvalue weighted by Crippen LogP contribution is 2.11. The van der Waals surface area contributed by atoms with Crippen LogP contribution in [0.5, 0.6) is 0 Å². The Morgan fingerprint density at radius 2 is 1.85 bits per heavy atom. The Bertz CT molecular complexity index is 573. The minimum absolute atomic E-state index is 0.286. The van der Waals surface area contributed by atoms with E-state index in [2.05, 4.69) is 30.2 Å². The number of guanidine groups is 1. The van der Waals surface area contributed by atoms with E-state index >= 15 is 0 Å². The van der Waals surface area contributed by atoms with Gasteiger partial charge in [0.1, 0.15) is 12.0 Å². The molecule has 3 rings (SSSR count). The van der Waals surface area contributed by atoms with Crippen molar-refractivity contribution in [3.63, 3.8) is 0 Å². The first kappa shape index (κ1) is 18.7. The number of nitrogens with one attached hydrogen (secondary N) is 1. The van der Waals surface area contributed by atoms with E-state index in [1.165, 1.54) is 12.8 Å². The Hall–Kier alpha value is -2.09. The molecule has 1 N–H and O–H groups in total. The molecule has 2 aliphatic heterocycles. The Labute approximate surface area is 155 Å². The summed E-state index contributed by atoms with van der Waals surface area (Å²) < 4.78 is 4.85. The van der Waals surface area contributed by atoms with Gasteiger partial charge < -0.3 is 19.6 Å². The molecule has 144 valence electrons. The van der Waals surface area contributed by atoms with Crippen molar-refractivity contribution in [1.82, 2.24) is 25.2 Å². The van der Waals surface area contributed by atoms with Crippen molar-refractivity contribution in [2.24, 2.45) is 4.99 Å². The number of hydrogen-bond donors (Lipinski definition) is 1. The van der Waals surface area contributed by atoms with Gasteiger partial charge in [-0.15, -0.1) is 0 Å². The van der Waals surface area contributed by atoms with Crippen LogP contribution in [0.4, 0.5) is 0 Å². The van der Waals surface area contributed by atoms with Crippen LogP contribution in [-0.4, -0.2) is 84.6 Å². The van der Waals surface area contributed by atoms with Crippen LogP contribution < -0.4 is 5.32 Å². The number of hydrogen-bond acceptors (Lipinski definition) is 5. The minimum Gasteiger partial charge on any atom is -0.364 e. The van der Waals surface area contributed by atoms with E-state index in [1.54, 1.807) is 13.3 Å². The van der Waals surface area contributed by atoms with E-state index in [-0.39, 0.29) is 5.91 Å². The molecule has 2 saturated heterocycles. The first-order valence-electron chi connectivity index (χ1n) is 9.61. The van der Waals surface area contributed by atoms with Crippen molar-refractivity contribution in [1.29, 1.82) is 0 Å². The van der Waals surface area contributed by atoms with Crippen LogP contribution in [0.1, 0.15) is 31.4 Å². The molecule has 0 saturated carbocycles. The smallest absolute Gasteiger partial charge is 0.236 e. The van der Waals surface area contributed by atoms with Gasteiger partial charge >= 0.3 is 0 Å². The van der Waals surface area contributed by atoms with Gasteiger partial charge in [0.15, 0.2) is 5.96 Å². The number of carbonyl (C=O) groups excluding carboxylic acids is 1. The van der Waals surface area contributed by atoms with E-state index in [9.17, 15) is 4.79 Å². The highest BCUT2D eigenvalue weighted by atomic mass is 16.5. The predicted octanol–water partition coefficient (Wildman–Crippen LogP) is 0.770. The van der Waals surface area contributed by atoms with Gasteiger partial charge in [-0.25, -0.2) is 0 Å². The molecular weight excluding hydrogens is 332 g/mol. The second kappa shape index (κ2) is 9.56. The monoisotopic (exact) mass is 362 g/mol. The lowest BCUT2D eigenvalue weighted by molar-refractivity contribution is -0.132. The lowest BCUT2D eigenvalue weighted by atomic mass is 10.2. The zero-order valence-electron chi connectivity index (χ0n) is 15.7. The quantitative estimate of drug-likeness (QED) is 0.630. The third-order valence-electron chi connectivity index (χ3n) is 5.12. The lowest BCUT2D eigenvalue weighted by Gasteiger charge is -2.36. The van der Waals surface area contributed by atoms with Gasteiger partial charge in [0.2, 0.25) is 5.91 Å². The summed E-state index contributed by atoms with van der Waals surface area (Å²) in [4.78, 5) is 23.4. The Morgan fingerprint density at radius 1 is 1.12 bits per heavy atom. The fraction of sp³-hybridized carbons (Fsp3) is 0.722. The molecule has 8 heteroatoms. The first-order chi connectivity index (χ1) is 12.8. The zero-order chi connectivity index (χ0) is 18.2. The maximum absolute atomic E-state index is 12.5. The largest absolute Gasteiger partial charge is 0.364 e. The highest BCUT2D eigenvalue weighted by Gasteiger charge is 2.23. The Balaban J connectivity index is 1.42. The fourth-order valence-corrected chi connectivity index (χ4v) is 3.56. The number of carbonyl (C=O) groups is 1. The van der Waals surface area contributed by atoms with Crippen molar-refractivity contribution in [2.75, 3.05) is 52.9 Å². The van der Waals surface area contributed by atoms with Gasteiger partial charge in [-0.3, -0.25) is 14.7 Å². The number of rotatable bonds is 4. The number of piperazine rings is 1. The second-order valence-electron chi connectivity index (χ2n) is 6.95. The van der Waals surface area contributed by atoms with Crippen molar-refractivity contribution in [2.45, 2.75) is 32.2 Å². The maximum Gasteiger partial charge on any atom is 0.236 e. The van der Waals surface area contributed by atoms with Crippen molar-refractivity contribution >= 4 is 11.9 Å². The van der Waals surface area contributed by atoms with Crippen LogP contribution in [0.15, 0.2) is 21.8 Å². The third-order valence-corrected chi connectivity index (χ3v) is 5.12. The average molecular weight is 362 g/mol. The third kappa shape index (κ3) is 5.20. The molecule has 3 heterocycles. The van der Waals surface area contributed by atoms with E-state index in [4.69, 9.17) is 4.52 Å². The molecule has 0 bridgehead atoms. The van der Waals surface area contributed by atoms with Gasteiger partial charge in [0, 0.05) is 52.4 Å². The van der Waals surface area contributed by atoms with E-state index < -0.39 is 0 Å². The second-order valence-corrected chi connectivity index (χ2v) is 6.95. The summed E-state index contributed by atoms with van der Waals surface area (Å²) in [5, 5.41) is 7.22. The normalized spacial score (nSPS) is 20.1. The zero-order valence-corrected chi connectivity index (χ0v) is 15.7. The standard InChI is InChI=1S/C18H30N6O2/c1-19-18(20-14-16-6-13-26-21-16)24-11-9-22(10-12-24)15-17(25)23-7-4-2-3-5-8-23/h6,13H,2-5,7-12,14-15H2,1H3,(H,19,20). The van der Waals surface area contributed by atoms with Gasteiger partial charge in [-0.1, -0.05) is 18.0 Å². The fourth-order valence-electron chi connectivity index (χ4n) is 3.56. The minimum atomic E-state index is 0.286. The van der Waals surface area contributed by atoms with Crippen molar-refractivity contribution in [3.8, 4) is 0 Å². The molecule has 1 aromatic heterocycles. The molecule has 1 aromatic rings. The number of likely N-dealkylation sites (tertiary alicyclic amines) is 1.